The summed E-state index contributed by atoms with van der Waals surface area (Å²) in [5.74, 6) is 0.375. The molecule has 4 aromatic rings. The molecule has 0 N–H and O–H groups in total. The second-order valence-electron chi connectivity index (χ2n) is 6.91. The van der Waals surface area contributed by atoms with Gasteiger partial charge in [-0.15, -0.1) is 0 Å². The minimum absolute atomic E-state index is 0.107. The molecule has 8 heteroatoms. The Kier molecular flexibility index (Phi) is 4.61. The maximum Gasteiger partial charge on any atom is 0.157 e. The third kappa shape index (κ3) is 3.54. The Bertz CT molecular complexity index is 1100. The van der Waals surface area contributed by atoms with E-state index in [0.717, 1.165) is 42.7 Å². The minimum atomic E-state index is -0.284. The van der Waals surface area contributed by atoms with Crippen molar-refractivity contribution in [3.8, 4) is 28.3 Å². The molecule has 0 radical (unpaired) electrons. The standard InChI is InChI=1S/C21H19FN6O/c22-16-7-5-15(6-8-16)21-17(13-28(26-21)20-4-1-2-11-29-20)18-12-19(24-14-23-18)27-10-3-9-25-27/h3,5-10,12-14,20H,1-2,4,11H2. The van der Waals surface area contributed by atoms with Crippen molar-refractivity contribution in [1.82, 2.24) is 29.5 Å². The second-order valence-corrected chi connectivity index (χ2v) is 6.91. The molecule has 0 aliphatic carbocycles. The summed E-state index contributed by atoms with van der Waals surface area (Å²) in [7, 11) is 0. The molecule has 1 aliphatic rings. The van der Waals surface area contributed by atoms with Gasteiger partial charge >= 0.3 is 0 Å². The SMILES string of the molecule is Fc1ccc(-c2nn(C3CCCCO3)cc2-c2cc(-n3cccn3)ncn2)cc1. The van der Waals surface area contributed by atoms with E-state index in [1.165, 1.54) is 18.5 Å². The summed E-state index contributed by atoms with van der Waals surface area (Å²) >= 11 is 0. The molecule has 1 aromatic carbocycles. The molecule has 1 aliphatic heterocycles. The summed E-state index contributed by atoms with van der Waals surface area (Å²) in [6.07, 6.45) is 9.95. The minimum Gasteiger partial charge on any atom is -0.357 e. The first kappa shape index (κ1) is 17.7. The summed E-state index contributed by atoms with van der Waals surface area (Å²) in [6, 6.07) is 10.0. The lowest BCUT2D eigenvalue weighted by Crippen LogP contribution is -2.18. The monoisotopic (exact) mass is 390 g/mol. The van der Waals surface area contributed by atoms with Gasteiger partial charge < -0.3 is 4.74 Å². The van der Waals surface area contributed by atoms with Gasteiger partial charge in [-0.25, -0.2) is 23.7 Å². The number of halogens is 1. The molecule has 1 fully saturated rings. The van der Waals surface area contributed by atoms with Gasteiger partial charge in [-0.05, 0) is 49.6 Å². The van der Waals surface area contributed by atoms with Gasteiger partial charge in [0.05, 0.1) is 5.69 Å². The molecule has 7 nitrogen and oxygen atoms in total. The molecule has 3 aromatic heterocycles. The van der Waals surface area contributed by atoms with Crippen LogP contribution in [-0.2, 0) is 4.74 Å². The first-order chi connectivity index (χ1) is 14.3. The highest BCUT2D eigenvalue weighted by Crippen LogP contribution is 2.33. The zero-order valence-electron chi connectivity index (χ0n) is 15.6. The van der Waals surface area contributed by atoms with Crippen LogP contribution in [-0.4, -0.2) is 36.1 Å². The van der Waals surface area contributed by atoms with Crippen molar-refractivity contribution in [2.24, 2.45) is 0 Å². The van der Waals surface area contributed by atoms with Crippen molar-refractivity contribution < 1.29 is 9.13 Å². The fourth-order valence-corrected chi connectivity index (χ4v) is 3.50. The smallest absolute Gasteiger partial charge is 0.157 e. The van der Waals surface area contributed by atoms with Gasteiger partial charge in [0, 0.05) is 42.4 Å². The van der Waals surface area contributed by atoms with Gasteiger partial charge in [-0.1, -0.05) is 0 Å². The fraction of sp³-hybridized carbons (Fsp3) is 0.238. The van der Waals surface area contributed by atoms with Crippen LogP contribution in [0.1, 0.15) is 25.5 Å². The Morgan fingerprint density at radius 2 is 2.00 bits per heavy atom. The van der Waals surface area contributed by atoms with Crippen LogP contribution in [0, 0.1) is 5.82 Å². The molecule has 146 valence electrons. The molecule has 5 rings (SSSR count). The Labute approximate surface area is 166 Å². The van der Waals surface area contributed by atoms with E-state index in [-0.39, 0.29) is 12.0 Å². The van der Waals surface area contributed by atoms with Crippen molar-refractivity contribution in [2.75, 3.05) is 6.61 Å². The zero-order chi connectivity index (χ0) is 19.6. The summed E-state index contributed by atoms with van der Waals surface area (Å²) in [5, 5.41) is 9.02. The maximum atomic E-state index is 13.5. The molecule has 1 unspecified atom stereocenters. The third-order valence-corrected chi connectivity index (χ3v) is 4.97. The van der Waals surface area contributed by atoms with Gasteiger partial charge in [-0.3, -0.25) is 0 Å². The quantitative estimate of drug-likeness (QED) is 0.526. The van der Waals surface area contributed by atoms with E-state index >= 15 is 0 Å². The van der Waals surface area contributed by atoms with E-state index < -0.39 is 0 Å². The van der Waals surface area contributed by atoms with Crippen molar-refractivity contribution >= 4 is 0 Å². The van der Waals surface area contributed by atoms with Crippen LogP contribution in [0.15, 0.2) is 61.3 Å². The number of ether oxygens (including phenoxy) is 1. The van der Waals surface area contributed by atoms with Crippen molar-refractivity contribution in [3.05, 3.63) is 67.1 Å². The molecule has 1 atom stereocenters. The largest absolute Gasteiger partial charge is 0.357 e. The number of hydrogen-bond donors (Lipinski definition) is 0. The van der Waals surface area contributed by atoms with Gasteiger partial charge in [0.15, 0.2) is 5.82 Å². The molecule has 0 amide bonds. The van der Waals surface area contributed by atoms with Crippen molar-refractivity contribution in [2.45, 2.75) is 25.5 Å². The first-order valence-electron chi connectivity index (χ1n) is 9.57. The summed E-state index contributed by atoms with van der Waals surface area (Å²) in [6.45, 7) is 0.725. The number of hydrogen-bond acceptors (Lipinski definition) is 5. The lowest BCUT2D eigenvalue weighted by molar-refractivity contribution is -0.0393. The van der Waals surface area contributed by atoms with E-state index in [1.54, 1.807) is 23.0 Å². The number of benzene rings is 1. The molecule has 1 saturated heterocycles. The van der Waals surface area contributed by atoms with Gasteiger partial charge in [-0.2, -0.15) is 10.2 Å². The Hall–Kier alpha value is -3.39. The van der Waals surface area contributed by atoms with Crippen LogP contribution in [0.2, 0.25) is 0 Å². The van der Waals surface area contributed by atoms with E-state index in [4.69, 9.17) is 9.84 Å². The van der Waals surface area contributed by atoms with Crippen LogP contribution in [0.5, 0.6) is 0 Å². The average Bonchev–Trinajstić information content (AvgIpc) is 3.46. The van der Waals surface area contributed by atoms with Gasteiger partial charge in [0.2, 0.25) is 0 Å². The van der Waals surface area contributed by atoms with Crippen LogP contribution < -0.4 is 0 Å². The topological polar surface area (TPSA) is 70.7 Å². The molecule has 0 spiro atoms. The van der Waals surface area contributed by atoms with Gasteiger partial charge in [0.1, 0.15) is 24.1 Å². The van der Waals surface area contributed by atoms with E-state index in [0.29, 0.717) is 11.5 Å². The summed E-state index contributed by atoms with van der Waals surface area (Å²) in [4.78, 5) is 8.77. The molecule has 0 saturated carbocycles. The highest BCUT2D eigenvalue weighted by atomic mass is 19.1. The highest BCUT2D eigenvalue weighted by Gasteiger charge is 2.21. The van der Waals surface area contributed by atoms with Crippen LogP contribution >= 0.6 is 0 Å². The number of rotatable bonds is 4. The molecular formula is C21H19FN6O. The fourth-order valence-electron chi connectivity index (χ4n) is 3.50. The number of aromatic nitrogens is 6. The number of nitrogens with zero attached hydrogens (tertiary/aromatic N) is 6. The van der Waals surface area contributed by atoms with E-state index in [9.17, 15) is 4.39 Å². The van der Waals surface area contributed by atoms with Crippen LogP contribution in [0.3, 0.4) is 0 Å². The summed E-state index contributed by atoms with van der Waals surface area (Å²) < 4.78 is 22.9. The lowest BCUT2D eigenvalue weighted by Gasteiger charge is -2.22. The Morgan fingerprint density at radius 3 is 2.76 bits per heavy atom. The molecular weight excluding hydrogens is 371 g/mol. The lowest BCUT2D eigenvalue weighted by atomic mass is 10.1. The highest BCUT2D eigenvalue weighted by molar-refractivity contribution is 5.79. The molecule has 0 bridgehead atoms. The van der Waals surface area contributed by atoms with Crippen LogP contribution in [0.4, 0.5) is 4.39 Å². The molecule has 29 heavy (non-hydrogen) atoms. The van der Waals surface area contributed by atoms with Crippen molar-refractivity contribution in [3.63, 3.8) is 0 Å². The molecule has 4 heterocycles. The maximum absolute atomic E-state index is 13.5. The first-order valence-corrected chi connectivity index (χ1v) is 9.57. The predicted octanol–water partition coefficient (Wildman–Crippen LogP) is 4.03. The van der Waals surface area contributed by atoms with Crippen molar-refractivity contribution in [1.29, 1.82) is 0 Å². The van der Waals surface area contributed by atoms with E-state index in [2.05, 4.69) is 15.1 Å². The average molecular weight is 390 g/mol. The van der Waals surface area contributed by atoms with Crippen LogP contribution in [0.25, 0.3) is 28.3 Å². The van der Waals surface area contributed by atoms with Gasteiger partial charge in [0.25, 0.3) is 0 Å². The predicted molar refractivity (Wildman–Crippen MR) is 105 cm³/mol. The zero-order valence-corrected chi connectivity index (χ0v) is 15.6. The Balaban J connectivity index is 1.61. The second kappa shape index (κ2) is 7.56. The normalized spacial score (nSPS) is 16.8. The third-order valence-electron chi connectivity index (χ3n) is 4.97. The Morgan fingerprint density at radius 1 is 1.10 bits per heavy atom. The van der Waals surface area contributed by atoms with E-state index in [1.807, 2.05) is 29.2 Å². The summed E-state index contributed by atoms with van der Waals surface area (Å²) in [5.41, 5.74) is 3.09.